The topological polar surface area (TPSA) is 63.2 Å². The molecule has 0 radical (unpaired) electrons. The molecule has 6 heteroatoms. The first kappa shape index (κ1) is 13.3. The van der Waals surface area contributed by atoms with E-state index in [2.05, 4.69) is 15.6 Å². The molecule has 1 aliphatic heterocycles. The highest BCUT2D eigenvalue weighted by Gasteiger charge is 2.16. The van der Waals surface area contributed by atoms with E-state index in [-0.39, 0.29) is 12.1 Å². The maximum absolute atomic E-state index is 11.8. The molecule has 3 rings (SSSR count). The van der Waals surface area contributed by atoms with Gasteiger partial charge >= 0.3 is 6.03 Å². The van der Waals surface area contributed by atoms with Gasteiger partial charge in [0.15, 0.2) is 0 Å². The molecule has 2 heterocycles. The van der Waals surface area contributed by atoms with E-state index < -0.39 is 0 Å². The Hall–Kier alpha value is -1.66. The van der Waals surface area contributed by atoms with E-state index in [1.807, 2.05) is 25.1 Å². The van der Waals surface area contributed by atoms with Crippen LogP contribution in [0.1, 0.15) is 17.8 Å². The second-order valence-corrected chi connectivity index (χ2v) is 6.12. The van der Waals surface area contributed by atoms with E-state index >= 15 is 0 Å². The Morgan fingerprint density at radius 2 is 2.45 bits per heavy atom. The molecular formula is C14H17N3O2S. The van der Waals surface area contributed by atoms with Crippen LogP contribution in [0, 0.1) is 6.92 Å². The molecule has 1 aliphatic rings. The molecule has 0 saturated carbocycles. The second kappa shape index (κ2) is 5.76. The van der Waals surface area contributed by atoms with Gasteiger partial charge in [0.05, 0.1) is 21.3 Å². The number of fused-ring (bicyclic) bond motifs is 1. The van der Waals surface area contributed by atoms with Crippen LogP contribution in [0.2, 0.25) is 0 Å². The number of urea groups is 1. The van der Waals surface area contributed by atoms with Crippen molar-refractivity contribution in [2.24, 2.45) is 0 Å². The molecule has 0 spiro atoms. The van der Waals surface area contributed by atoms with E-state index in [4.69, 9.17) is 4.74 Å². The van der Waals surface area contributed by atoms with Gasteiger partial charge < -0.3 is 15.4 Å². The Morgan fingerprint density at radius 1 is 1.55 bits per heavy atom. The van der Waals surface area contributed by atoms with E-state index in [1.54, 1.807) is 11.3 Å². The molecular weight excluding hydrogens is 274 g/mol. The average molecular weight is 291 g/mol. The number of thiazole rings is 1. The van der Waals surface area contributed by atoms with Gasteiger partial charge in [-0.05, 0) is 38.0 Å². The zero-order valence-corrected chi connectivity index (χ0v) is 12.1. The summed E-state index contributed by atoms with van der Waals surface area (Å²) in [6.45, 7) is 3.34. The maximum atomic E-state index is 11.8. The molecule has 0 bridgehead atoms. The molecule has 106 valence electrons. The van der Waals surface area contributed by atoms with Gasteiger partial charge in [-0.3, -0.25) is 0 Å². The lowest BCUT2D eigenvalue weighted by molar-refractivity contribution is 0.112. The van der Waals surface area contributed by atoms with Gasteiger partial charge in [0.2, 0.25) is 0 Å². The molecule has 1 fully saturated rings. The Bertz CT molecular complexity index is 620. The molecule has 5 nitrogen and oxygen atoms in total. The number of nitrogens with one attached hydrogen (secondary N) is 2. The van der Waals surface area contributed by atoms with Crippen LogP contribution in [0.4, 0.5) is 10.5 Å². The summed E-state index contributed by atoms with van der Waals surface area (Å²) in [5, 5.41) is 6.71. The fraction of sp³-hybridized carbons (Fsp3) is 0.429. The monoisotopic (exact) mass is 291 g/mol. The van der Waals surface area contributed by atoms with Crippen molar-refractivity contribution in [3.63, 3.8) is 0 Å². The molecule has 1 saturated heterocycles. The third-order valence-electron chi connectivity index (χ3n) is 3.27. The Kier molecular flexibility index (Phi) is 3.84. The Morgan fingerprint density at radius 3 is 3.25 bits per heavy atom. The highest BCUT2D eigenvalue weighted by Crippen LogP contribution is 2.24. The lowest BCUT2D eigenvalue weighted by Gasteiger charge is -2.11. The van der Waals surface area contributed by atoms with E-state index in [0.29, 0.717) is 6.54 Å². The summed E-state index contributed by atoms with van der Waals surface area (Å²) < 4.78 is 6.55. The van der Waals surface area contributed by atoms with Crippen LogP contribution < -0.4 is 10.6 Å². The van der Waals surface area contributed by atoms with Crippen LogP contribution in [0.25, 0.3) is 10.2 Å². The van der Waals surface area contributed by atoms with E-state index in [0.717, 1.165) is 40.4 Å². The van der Waals surface area contributed by atoms with Gasteiger partial charge in [0.1, 0.15) is 0 Å². The van der Waals surface area contributed by atoms with Crippen LogP contribution in [0.15, 0.2) is 18.2 Å². The highest BCUT2D eigenvalue weighted by molar-refractivity contribution is 7.18. The fourth-order valence-electron chi connectivity index (χ4n) is 2.30. The fourth-order valence-corrected chi connectivity index (χ4v) is 3.17. The zero-order valence-electron chi connectivity index (χ0n) is 11.3. The molecule has 0 aliphatic carbocycles. The molecule has 1 atom stereocenters. The van der Waals surface area contributed by atoms with Crippen molar-refractivity contribution >= 4 is 33.3 Å². The zero-order chi connectivity index (χ0) is 13.9. The third kappa shape index (κ3) is 3.08. The molecule has 20 heavy (non-hydrogen) atoms. The minimum Gasteiger partial charge on any atom is -0.376 e. The molecule has 1 aromatic heterocycles. The number of carbonyl (C=O) groups excluding carboxylic acids is 1. The van der Waals surface area contributed by atoms with Crippen LogP contribution >= 0.6 is 11.3 Å². The number of ether oxygens (including phenoxy) is 1. The van der Waals surface area contributed by atoms with E-state index in [9.17, 15) is 4.79 Å². The second-order valence-electron chi connectivity index (χ2n) is 4.89. The van der Waals surface area contributed by atoms with Crippen molar-refractivity contribution in [1.82, 2.24) is 10.3 Å². The van der Waals surface area contributed by atoms with Gasteiger partial charge in [-0.2, -0.15) is 0 Å². The summed E-state index contributed by atoms with van der Waals surface area (Å²) in [7, 11) is 0. The maximum Gasteiger partial charge on any atom is 0.319 e. The van der Waals surface area contributed by atoms with Crippen LogP contribution in [0.3, 0.4) is 0 Å². The predicted octanol–water partition coefficient (Wildman–Crippen LogP) is 2.91. The summed E-state index contributed by atoms with van der Waals surface area (Å²) in [4.78, 5) is 16.2. The van der Waals surface area contributed by atoms with E-state index in [1.165, 1.54) is 0 Å². The number of nitrogens with zero attached hydrogens (tertiary/aromatic N) is 1. The van der Waals surface area contributed by atoms with Crippen LogP contribution in [-0.2, 0) is 4.74 Å². The quantitative estimate of drug-likeness (QED) is 0.914. The molecule has 2 amide bonds. The van der Waals surface area contributed by atoms with Crippen molar-refractivity contribution < 1.29 is 9.53 Å². The molecule has 1 aromatic carbocycles. The normalized spacial score (nSPS) is 18.4. The number of aryl methyl sites for hydroxylation is 1. The standard InChI is InChI=1S/C14H17N3O2S/c1-9-16-12-5-4-10(7-13(12)20-9)17-14(18)15-8-11-3-2-6-19-11/h4-5,7,11H,2-3,6,8H2,1H3,(H2,15,17,18)/t11-/m1/s1. The number of carbonyl (C=O) groups is 1. The number of benzene rings is 1. The number of aromatic nitrogens is 1. The summed E-state index contributed by atoms with van der Waals surface area (Å²) >= 11 is 1.62. The predicted molar refractivity (Wildman–Crippen MR) is 80.4 cm³/mol. The smallest absolute Gasteiger partial charge is 0.319 e. The molecule has 2 aromatic rings. The van der Waals surface area contributed by atoms with Crippen molar-refractivity contribution in [2.45, 2.75) is 25.9 Å². The highest BCUT2D eigenvalue weighted by atomic mass is 32.1. The van der Waals surface area contributed by atoms with Gasteiger partial charge in [-0.15, -0.1) is 11.3 Å². The van der Waals surface area contributed by atoms with Crippen molar-refractivity contribution in [3.05, 3.63) is 23.2 Å². The number of anilines is 1. The summed E-state index contributed by atoms with van der Waals surface area (Å²) in [6, 6.07) is 5.55. The van der Waals surface area contributed by atoms with Crippen molar-refractivity contribution in [1.29, 1.82) is 0 Å². The number of hydrogen-bond donors (Lipinski definition) is 2. The van der Waals surface area contributed by atoms with Crippen LogP contribution in [0.5, 0.6) is 0 Å². The van der Waals surface area contributed by atoms with Gasteiger partial charge in [-0.25, -0.2) is 9.78 Å². The minimum atomic E-state index is -0.193. The first-order valence-electron chi connectivity index (χ1n) is 6.74. The van der Waals surface area contributed by atoms with Crippen LogP contribution in [-0.4, -0.2) is 30.3 Å². The van der Waals surface area contributed by atoms with Crippen molar-refractivity contribution in [2.75, 3.05) is 18.5 Å². The SMILES string of the molecule is Cc1nc2ccc(NC(=O)NC[C@H]3CCCO3)cc2s1. The third-order valence-corrected chi connectivity index (χ3v) is 4.20. The largest absolute Gasteiger partial charge is 0.376 e. The lowest BCUT2D eigenvalue weighted by Crippen LogP contribution is -2.34. The summed E-state index contributed by atoms with van der Waals surface area (Å²) in [5.74, 6) is 0. The van der Waals surface area contributed by atoms with Gasteiger partial charge in [0, 0.05) is 18.8 Å². The minimum absolute atomic E-state index is 0.160. The number of amides is 2. The first-order chi connectivity index (χ1) is 9.70. The summed E-state index contributed by atoms with van der Waals surface area (Å²) in [6.07, 6.45) is 2.26. The summed E-state index contributed by atoms with van der Waals surface area (Å²) in [5.41, 5.74) is 1.75. The van der Waals surface area contributed by atoms with Gasteiger partial charge in [-0.1, -0.05) is 0 Å². The van der Waals surface area contributed by atoms with Gasteiger partial charge in [0.25, 0.3) is 0 Å². The Balaban J connectivity index is 1.58. The lowest BCUT2D eigenvalue weighted by atomic mass is 10.2. The first-order valence-corrected chi connectivity index (χ1v) is 7.56. The Labute approximate surface area is 121 Å². The van der Waals surface area contributed by atoms with Crippen molar-refractivity contribution in [3.8, 4) is 0 Å². The number of hydrogen-bond acceptors (Lipinski definition) is 4. The average Bonchev–Trinajstić information content (AvgIpc) is 3.04. The molecule has 2 N–H and O–H groups in total. The number of rotatable bonds is 3. The molecule has 0 unspecified atom stereocenters.